The van der Waals surface area contributed by atoms with Crippen molar-refractivity contribution in [2.75, 3.05) is 0 Å². The van der Waals surface area contributed by atoms with E-state index >= 15 is 0 Å². The zero-order valence-corrected chi connectivity index (χ0v) is 21.7. The average molecular weight is 558 g/mol. The number of halogens is 3. The average Bonchev–Trinajstić information content (AvgIpc) is 3.37. The first-order valence-electron chi connectivity index (χ1n) is 11.9. The summed E-state index contributed by atoms with van der Waals surface area (Å²) in [5.74, 6) is 0.465. The summed E-state index contributed by atoms with van der Waals surface area (Å²) in [6, 6.07) is 25.8. The lowest BCUT2D eigenvalue weighted by Crippen LogP contribution is -2.20. The Kier molecular flexibility index (Phi) is 6.60. The maximum absolute atomic E-state index is 14.0. The molecule has 6 nitrogen and oxygen atoms in total. The van der Waals surface area contributed by atoms with E-state index in [1.807, 2.05) is 36.4 Å². The summed E-state index contributed by atoms with van der Waals surface area (Å²) >= 11 is 12.9. The molecule has 0 amide bonds. The fourth-order valence-electron chi connectivity index (χ4n) is 4.16. The van der Waals surface area contributed by atoms with Gasteiger partial charge in [0.15, 0.2) is 11.5 Å². The molecule has 0 saturated carbocycles. The van der Waals surface area contributed by atoms with Crippen LogP contribution >= 0.6 is 23.2 Å². The predicted molar refractivity (Wildman–Crippen MR) is 151 cm³/mol. The van der Waals surface area contributed by atoms with E-state index < -0.39 is 0 Å². The van der Waals surface area contributed by atoms with Crippen molar-refractivity contribution in [2.45, 2.75) is 6.61 Å². The number of para-hydroxylation sites is 2. The van der Waals surface area contributed by atoms with E-state index in [0.717, 1.165) is 5.39 Å². The first kappa shape index (κ1) is 24.9. The largest absolute Gasteiger partial charge is 0.486 e. The van der Waals surface area contributed by atoms with Crippen LogP contribution in [0.2, 0.25) is 10.0 Å². The minimum atomic E-state index is -0.386. The summed E-state index contributed by atoms with van der Waals surface area (Å²) in [4.78, 5) is 18.1. The van der Waals surface area contributed by atoms with Gasteiger partial charge >= 0.3 is 0 Å². The molecule has 0 aliphatic rings. The highest BCUT2D eigenvalue weighted by Crippen LogP contribution is 2.35. The monoisotopic (exact) mass is 557 g/mol. The van der Waals surface area contributed by atoms with Crippen molar-refractivity contribution in [2.24, 2.45) is 5.10 Å². The van der Waals surface area contributed by atoms with E-state index in [-0.39, 0.29) is 39.6 Å². The van der Waals surface area contributed by atoms with Crippen molar-refractivity contribution in [1.29, 1.82) is 0 Å². The van der Waals surface area contributed by atoms with Gasteiger partial charge in [-0.1, -0.05) is 71.7 Å². The van der Waals surface area contributed by atoms with Crippen LogP contribution in [0.3, 0.4) is 0 Å². The number of nitrogens with zero attached hydrogens (tertiary/aromatic N) is 3. The number of fused-ring (bicyclic) bond motifs is 2. The van der Waals surface area contributed by atoms with Crippen LogP contribution < -0.4 is 10.3 Å². The number of ether oxygens (including phenoxy) is 1. The van der Waals surface area contributed by atoms with E-state index in [4.69, 9.17) is 32.4 Å². The highest BCUT2D eigenvalue weighted by Gasteiger charge is 2.17. The standard InChI is InChI=1S/C30H18Cl2FN3O3/c31-22-13-18(14-23(32)28(22)38-17-20-8-1-4-10-24(20)33)16-34-36-29(27-15-19-7-2-6-12-26(19)39-27)35-25-11-5-3-9-21(25)30(36)37/h1-16H,17H2. The number of furan rings is 1. The summed E-state index contributed by atoms with van der Waals surface area (Å²) in [5.41, 5.74) is 1.70. The number of hydrogen-bond donors (Lipinski definition) is 0. The lowest BCUT2D eigenvalue weighted by Gasteiger charge is -2.11. The normalized spacial score (nSPS) is 11.6. The van der Waals surface area contributed by atoms with E-state index in [9.17, 15) is 9.18 Å². The number of rotatable bonds is 6. The van der Waals surface area contributed by atoms with Crippen LogP contribution in [0.4, 0.5) is 4.39 Å². The lowest BCUT2D eigenvalue weighted by molar-refractivity contribution is 0.300. The highest BCUT2D eigenvalue weighted by atomic mass is 35.5. The molecular formula is C30H18Cl2FN3O3. The fraction of sp³-hybridized carbons (Fsp3) is 0.0333. The van der Waals surface area contributed by atoms with Crippen molar-refractivity contribution in [3.63, 3.8) is 0 Å². The Morgan fingerprint density at radius 2 is 1.67 bits per heavy atom. The van der Waals surface area contributed by atoms with Crippen molar-refractivity contribution in [1.82, 2.24) is 9.66 Å². The third-order valence-electron chi connectivity index (χ3n) is 6.07. The van der Waals surface area contributed by atoms with E-state index in [2.05, 4.69) is 10.1 Å². The van der Waals surface area contributed by atoms with Crippen molar-refractivity contribution in [3.05, 3.63) is 128 Å². The highest BCUT2D eigenvalue weighted by molar-refractivity contribution is 6.37. The molecular weight excluding hydrogens is 540 g/mol. The third kappa shape index (κ3) is 4.90. The Morgan fingerprint density at radius 1 is 0.949 bits per heavy atom. The fourth-order valence-corrected chi connectivity index (χ4v) is 4.78. The molecule has 192 valence electrons. The molecule has 6 rings (SSSR count). The third-order valence-corrected chi connectivity index (χ3v) is 6.63. The molecule has 0 N–H and O–H groups in total. The summed E-state index contributed by atoms with van der Waals surface area (Å²) in [5, 5.41) is 6.13. The van der Waals surface area contributed by atoms with Crippen LogP contribution in [-0.4, -0.2) is 15.9 Å². The van der Waals surface area contributed by atoms with Gasteiger partial charge in [-0.05, 0) is 48.0 Å². The van der Waals surface area contributed by atoms with Crippen molar-refractivity contribution in [3.8, 4) is 17.3 Å². The second-order valence-corrected chi connectivity index (χ2v) is 9.47. The van der Waals surface area contributed by atoms with Crippen LogP contribution in [0.5, 0.6) is 5.75 Å². The summed E-state index contributed by atoms with van der Waals surface area (Å²) in [6.07, 6.45) is 1.45. The van der Waals surface area contributed by atoms with Crippen molar-refractivity contribution < 1.29 is 13.5 Å². The molecule has 9 heteroatoms. The molecule has 39 heavy (non-hydrogen) atoms. The molecule has 0 atom stereocenters. The molecule has 0 radical (unpaired) electrons. The van der Waals surface area contributed by atoms with Gasteiger partial charge in [0.05, 0.1) is 27.2 Å². The Balaban J connectivity index is 1.38. The number of hydrogen-bond acceptors (Lipinski definition) is 5. The maximum atomic E-state index is 14.0. The smallest absolute Gasteiger partial charge is 0.282 e. The van der Waals surface area contributed by atoms with Crippen LogP contribution in [-0.2, 0) is 6.61 Å². The maximum Gasteiger partial charge on any atom is 0.282 e. The van der Waals surface area contributed by atoms with E-state index in [1.54, 1.807) is 48.5 Å². The Hall–Kier alpha value is -4.46. The number of benzene rings is 4. The van der Waals surface area contributed by atoms with Gasteiger partial charge in [0.25, 0.3) is 5.56 Å². The molecule has 6 aromatic rings. The SMILES string of the molecule is O=c1c2ccccc2nc(-c2cc3ccccc3o2)n1N=Cc1cc(Cl)c(OCc2ccccc2F)c(Cl)c1. The molecule has 0 aliphatic heterocycles. The molecule has 0 bridgehead atoms. The molecule has 0 unspecified atom stereocenters. The Morgan fingerprint density at radius 3 is 2.46 bits per heavy atom. The minimum Gasteiger partial charge on any atom is -0.486 e. The van der Waals surface area contributed by atoms with Gasteiger partial charge in [-0.15, -0.1) is 0 Å². The summed E-state index contributed by atoms with van der Waals surface area (Å²) in [7, 11) is 0. The van der Waals surface area contributed by atoms with Gasteiger partial charge in [0.2, 0.25) is 5.82 Å². The first-order valence-corrected chi connectivity index (χ1v) is 12.6. The Bertz CT molecular complexity index is 1890. The van der Waals surface area contributed by atoms with Gasteiger partial charge in [-0.25, -0.2) is 9.37 Å². The minimum absolute atomic E-state index is 0.0431. The number of aromatic nitrogens is 2. The van der Waals surface area contributed by atoms with Gasteiger partial charge in [-0.2, -0.15) is 9.78 Å². The Labute approximate surface area is 231 Å². The van der Waals surface area contributed by atoms with Crippen LogP contribution in [0, 0.1) is 5.82 Å². The zero-order valence-electron chi connectivity index (χ0n) is 20.1. The van der Waals surface area contributed by atoms with Crippen LogP contribution in [0.15, 0.2) is 105 Å². The van der Waals surface area contributed by atoms with Gasteiger partial charge in [0, 0.05) is 10.9 Å². The quantitative estimate of drug-likeness (QED) is 0.196. The van der Waals surface area contributed by atoms with Gasteiger partial charge < -0.3 is 9.15 Å². The first-order chi connectivity index (χ1) is 19.0. The second kappa shape index (κ2) is 10.4. The lowest BCUT2D eigenvalue weighted by atomic mass is 10.2. The topological polar surface area (TPSA) is 69.6 Å². The molecule has 0 aliphatic carbocycles. The molecule has 0 fully saturated rings. The van der Waals surface area contributed by atoms with Gasteiger partial charge in [0.1, 0.15) is 18.0 Å². The zero-order chi connectivity index (χ0) is 26.9. The predicted octanol–water partition coefficient (Wildman–Crippen LogP) is 7.72. The van der Waals surface area contributed by atoms with Crippen LogP contribution in [0.25, 0.3) is 33.5 Å². The summed E-state index contributed by atoms with van der Waals surface area (Å²) in [6.45, 7) is -0.0431. The van der Waals surface area contributed by atoms with Crippen LogP contribution in [0.1, 0.15) is 11.1 Å². The van der Waals surface area contributed by atoms with E-state index in [0.29, 0.717) is 33.4 Å². The molecule has 2 aromatic heterocycles. The van der Waals surface area contributed by atoms with Crippen molar-refractivity contribution >= 4 is 51.3 Å². The molecule has 2 heterocycles. The molecule has 0 spiro atoms. The molecule has 0 saturated heterocycles. The van der Waals surface area contributed by atoms with E-state index in [1.165, 1.54) is 17.0 Å². The molecule has 4 aromatic carbocycles. The van der Waals surface area contributed by atoms with Gasteiger partial charge in [-0.3, -0.25) is 4.79 Å². The summed E-state index contributed by atoms with van der Waals surface area (Å²) < 4.78 is 26.8. The second-order valence-electron chi connectivity index (χ2n) is 8.66.